The van der Waals surface area contributed by atoms with Gasteiger partial charge in [0.25, 0.3) is 0 Å². The summed E-state index contributed by atoms with van der Waals surface area (Å²) >= 11 is 0. The van der Waals surface area contributed by atoms with E-state index in [-0.39, 0.29) is 12.5 Å². The Labute approximate surface area is 192 Å². The molecule has 2 aromatic carbocycles. The van der Waals surface area contributed by atoms with Gasteiger partial charge in [0.15, 0.2) is 0 Å². The van der Waals surface area contributed by atoms with Gasteiger partial charge < -0.3 is 14.3 Å². The first-order valence-electron chi connectivity index (χ1n) is 11.1. The molecule has 0 aliphatic carbocycles. The highest BCUT2D eigenvalue weighted by Crippen LogP contribution is 2.37. The lowest BCUT2D eigenvalue weighted by atomic mass is 9.85. The van der Waals surface area contributed by atoms with Crippen molar-refractivity contribution in [3.05, 3.63) is 71.9 Å². The highest BCUT2D eigenvalue weighted by Gasteiger charge is 2.36. The summed E-state index contributed by atoms with van der Waals surface area (Å²) in [6, 6.07) is 17.5. The lowest BCUT2D eigenvalue weighted by Crippen LogP contribution is -2.26. The van der Waals surface area contributed by atoms with Crippen LogP contribution in [0, 0.1) is 0 Å². The quantitative estimate of drug-likeness (QED) is 0.497. The molecule has 0 saturated heterocycles. The van der Waals surface area contributed by atoms with E-state index in [2.05, 4.69) is 5.16 Å². The van der Waals surface area contributed by atoms with Gasteiger partial charge in [-0.1, -0.05) is 53.7 Å². The van der Waals surface area contributed by atoms with Crippen LogP contribution in [0.2, 0.25) is 0 Å². The van der Waals surface area contributed by atoms with Crippen LogP contribution < -0.4 is 0 Å². The number of benzene rings is 2. The monoisotopic (exact) mass is 448 g/mol. The molecule has 33 heavy (non-hydrogen) atoms. The summed E-state index contributed by atoms with van der Waals surface area (Å²) in [5.74, 6) is -0.738. The van der Waals surface area contributed by atoms with E-state index >= 15 is 0 Å². The van der Waals surface area contributed by atoms with Crippen molar-refractivity contribution in [3.8, 4) is 0 Å². The first-order chi connectivity index (χ1) is 15.8. The zero-order valence-corrected chi connectivity index (χ0v) is 19.3. The van der Waals surface area contributed by atoms with E-state index in [1.54, 1.807) is 13.1 Å². The van der Waals surface area contributed by atoms with E-state index in [9.17, 15) is 9.59 Å². The van der Waals surface area contributed by atoms with Crippen molar-refractivity contribution < 1.29 is 23.9 Å². The number of fused-ring (bicyclic) bond motifs is 1. The topological polar surface area (TPSA) is 79.1 Å². The maximum absolute atomic E-state index is 13.0. The van der Waals surface area contributed by atoms with Gasteiger partial charge in [-0.3, -0.25) is 4.57 Å². The van der Waals surface area contributed by atoms with Crippen molar-refractivity contribution in [2.24, 2.45) is 5.16 Å². The Kier molecular flexibility index (Phi) is 6.22. The number of esters is 1. The number of hydrogen-bond donors (Lipinski definition) is 0. The molecule has 0 bridgehead atoms. The number of carbonyl (C=O) groups excluding carboxylic acids is 2. The molecule has 4 rings (SSSR count). The molecule has 1 aliphatic rings. The first-order valence-corrected chi connectivity index (χ1v) is 11.1. The van der Waals surface area contributed by atoms with Gasteiger partial charge in [0.05, 0.1) is 23.8 Å². The Morgan fingerprint density at radius 2 is 1.82 bits per heavy atom. The van der Waals surface area contributed by atoms with E-state index < -0.39 is 23.8 Å². The Morgan fingerprint density at radius 1 is 1.12 bits per heavy atom. The average Bonchev–Trinajstić information content (AvgIpc) is 3.40. The number of nitrogens with zero attached hydrogens (tertiary/aromatic N) is 2. The van der Waals surface area contributed by atoms with Crippen LogP contribution in [-0.4, -0.2) is 40.7 Å². The standard InChI is InChI=1S/C26H28N2O5/c1-5-31-24(29)22-15-20(27-33-22)23(17-11-7-6-8-12-17)19-16-28(25(30)32-26(2,3)4)21-14-10-9-13-18(19)21/h6-14,16,22-23H,5,15H2,1-4H3. The smallest absolute Gasteiger partial charge is 0.419 e. The van der Waals surface area contributed by atoms with Crippen LogP contribution in [0.15, 0.2) is 65.9 Å². The number of rotatable bonds is 5. The number of hydrogen-bond acceptors (Lipinski definition) is 6. The molecule has 2 heterocycles. The molecule has 0 N–H and O–H groups in total. The van der Waals surface area contributed by atoms with Crippen LogP contribution in [0.25, 0.3) is 10.9 Å². The third-order valence-corrected chi connectivity index (χ3v) is 5.35. The average molecular weight is 449 g/mol. The molecular weight excluding hydrogens is 420 g/mol. The lowest BCUT2D eigenvalue weighted by Gasteiger charge is -2.20. The molecule has 0 spiro atoms. The third kappa shape index (κ3) is 4.77. The minimum absolute atomic E-state index is 0.277. The second kappa shape index (κ2) is 9.10. The van der Waals surface area contributed by atoms with Crippen molar-refractivity contribution in [1.82, 2.24) is 4.57 Å². The van der Waals surface area contributed by atoms with E-state index in [0.29, 0.717) is 12.1 Å². The van der Waals surface area contributed by atoms with Gasteiger partial charge in [-0.05, 0) is 44.9 Å². The third-order valence-electron chi connectivity index (χ3n) is 5.35. The molecule has 2 atom stereocenters. The van der Waals surface area contributed by atoms with Crippen molar-refractivity contribution in [1.29, 1.82) is 0 Å². The molecule has 2 unspecified atom stereocenters. The zero-order chi connectivity index (χ0) is 23.6. The predicted molar refractivity (Wildman–Crippen MR) is 125 cm³/mol. The van der Waals surface area contributed by atoms with Crippen molar-refractivity contribution in [2.45, 2.75) is 51.7 Å². The summed E-state index contributed by atoms with van der Waals surface area (Å²) in [5, 5.41) is 5.19. The van der Waals surface area contributed by atoms with Gasteiger partial charge in [-0.25, -0.2) is 9.59 Å². The maximum Gasteiger partial charge on any atom is 0.419 e. The summed E-state index contributed by atoms with van der Waals surface area (Å²) in [6.45, 7) is 7.55. The number of para-hydroxylation sites is 1. The van der Waals surface area contributed by atoms with Crippen LogP contribution >= 0.6 is 0 Å². The Bertz CT molecular complexity index is 1190. The summed E-state index contributed by atoms with van der Waals surface area (Å²) < 4.78 is 12.3. The largest absolute Gasteiger partial charge is 0.463 e. The number of ether oxygens (including phenoxy) is 2. The predicted octanol–water partition coefficient (Wildman–Crippen LogP) is 5.26. The fourth-order valence-electron chi connectivity index (χ4n) is 4.02. The van der Waals surface area contributed by atoms with Crippen LogP contribution in [0.1, 0.15) is 51.2 Å². The molecule has 0 amide bonds. The lowest BCUT2D eigenvalue weighted by molar-refractivity contribution is -0.154. The molecule has 7 heteroatoms. The summed E-state index contributed by atoms with van der Waals surface area (Å²) in [5.41, 5.74) is 2.68. The van der Waals surface area contributed by atoms with E-state index in [1.807, 2.05) is 75.4 Å². The zero-order valence-electron chi connectivity index (χ0n) is 19.3. The number of carbonyl (C=O) groups is 2. The molecule has 1 aromatic heterocycles. The molecule has 0 radical (unpaired) electrons. The summed E-state index contributed by atoms with van der Waals surface area (Å²) in [6.07, 6.45) is 0.886. The van der Waals surface area contributed by atoms with Crippen LogP contribution in [-0.2, 0) is 19.1 Å². The number of aromatic nitrogens is 1. The molecule has 3 aromatic rings. The van der Waals surface area contributed by atoms with Crippen molar-refractivity contribution in [2.75, 3.05) is 6.61 Å². The van der Waals surface area contributed by atoms with E-state index in [4.69, 9.17) is 14.3 Å². The second-order valence-electron chi connectivity index (χ2n) is 8.93. The Hall–Kier alpha value is -3.61. The molecule has 0 fully saturated rings. The summed E-state index contributed by atoms with van der Waals surface area (Å²) in [7, 11) is 0. The molecule has 7 nitrogen and oxygen atoms in total. The minimum atomic E-state index is -0.773. The van der Waals surface area contributed by atoms with Gasteiger partial charge in [0, 0.05) is 18.0 Å². The van der Waals surface area contributed by atoms with Crippen molar-refractivity contribution in [3.63, 3.8) is 0 Å². The SMILES string of the molecule is CCOC(=O)C1CC(C(c2ccccc2)c2cn(C(=O)OC(C)(C)C)c3ccccc23)=NO1. The fourth-order valence-corrected chi connectivity index (χ4v) is 4.02. The highest BCUT2D eigenvalue weighted by atomic mass is 16.7. The van der Waals surface area contributed by atoms with Crippen molar-refractivity contribution >= 4 is 28.7 Å². The van der Waals surface area contributed by atoms with Gasteiger partial charge in [0.1, 0.15) is 5.60 Å². The summed E-state index contributed by atoms with van der Waals surface area (Å²) in [4.78, 5) is 30.7. The molecule has 1 aliphatic heterocycles. The van der Waals surface area contributed by atoms with E-state index in [1.165, 1.54) is 4.57 Å². The Balaban J connectivity index is 1.80. The minimum Gasteiger partial charge on any atom is -0.463 e. The second-order valence-corrected chi connectivity index (χ2v) is 8.93. The molecular formula is C26H28N2O5. The van der Waals surface area contributed by atoms with Gasteiger partial charge >= 0.3 is 12.1 Å². The first kappa shape index (κ1) is 22.6. The van der Waals surface area contributed by atoms with E-state index in [0.717, 1.165) is 22.0 Å². The molecule has 172 valence electrons. The maximum atomic E-state index is 13.0. The van der Waals surface area contributed by atoms with Crippen LogP contribution in [0.3, 0.4) is 0 Å². The van der Waals surface area contributed by atoms with Gasteiger partial charge in [-0.15, -0.1) is 0 Å². The van der Waals surface area contributed by atoms with Crippen LogP contribution in [0.5, 0.6) is 0 Å². The fraction of sp³-hybridized carbons (Fsp3) is 0.346. The normalized spacial score (nSPS) is 16.7. The van der Waals surface area contributed by atoms with Crippen LogP contribution in [0.4, 0.5) is 4.79 Å². The van der Waals surface area contributed by atoms with Gasteiger partial charge in [0.2, 0.25) is 6.10 Å². The Morgan fingerprint density at radius 3 is 2.52 bits per heavy atom. The molecule has 0 saturated carbocycles. The number of oxime groups is 1. The highest BCUT2D eigenvalue weighted by molar-refractivity contribution is 6.02. The van der Waals surface area contributed by atoms with Gasteiger partial charge in [-0.2, -0.15) is 0 Å².